The van der Waals surface area contributed by atoms with E-state index >= 15 is 0 Å². The first-order valence-corrected chi connectivity index (χ1v) is 6.95. The van der Waals surface area contributed by atoms with Crippen molar-refractivity contribution in [3.63, 3.8) is 0 Å². The van der Waals surface area contributed by atoms with E-state index in [0.29, 0.717) is 22.9 Å². The molecule has 3 N–H and O–H groups in total. The number of nitrogens with zero attached hydrogens (tertiary/aromatic N) is 1. The normalized spacial score (nSPS) is 10.1. The molecule has 0 fully saturated rings. The second-order valence-corrected chi connectivity index (χ2v) is 4.89. The number of esters is 1. The van der Waals surface area contributed by atoms with E-state index in [9.17, 15) is 9.59 Å². The van der Waals surface area contributed by atoms with E-state index in [4.69, 9.17) is 22.1 Å². The molecule has 0 atom stereocenters. The van der Waals surface area contributed by atoms with E-state index in [1.165, 1.54) is 13.2 Å². The Balaban J connectivity index is 3.34. The van der Waals surface area contributed by atoms with Crippen LogP contribution in [-0.2, 0) is 9.53 Å². The number of carbonyl (C=O) groups is 2. The summed E-state index contributed by atoms with van der Waals surface area (Å²) in [6.45, 7) is 2.64. The molecule has 7 heteroatoms. The maximum absolute atomic E-state index is 11.9. The van der Waals surface area contributed by atoms with Crippen LogP contribution in [0, 0.1) is 0 Å². The smallest absolute Gasteiger partial charge is 0.340 e. The molecule has 116 valence electrons. The number of likely N-dealkylation sites (N-methyl/N-ethyl adjacent to an activating group) is 1. The first-order chi connectivity index (χ1) is 9.94. The summed E-state index contributed by atoms with van der Waals surface area (Å²) >= 11 is 6.23. The number of anilines is 2. The van der Waals surface area contributed by atoms with Crippen LogP contribution in [0.2, 0.25) is 5.02 Å². The minimum atomic E-state index is -0.544. The van der Waals surface area contributed by atoms with Crippen LogP contribution in [0.1, 0.15) is 23.7 Å². The van der Waals surface area contributed by atoms with Crippen molar-refractivity contribution in [2.45, 2.75) is 13.3 Å². The number of methoxy groups -OCH3 is 1. The van der Waals surface area contributed by atoms with Gasteiger partial charge in [-0.1, -0.05) is 18.5 Å². The highest BCUT2D eigenvalue weighted by molar-refractivity contribution is 6.34. The third kappa shape index (κ3) is 4.26. The van der Waals surface area contributed by atoms with Crippen molar-refractivity contribution in [1.82, 2.24) is 5.32 Å². The van der Waals surface area contributed by atoms with Gasteiger partial charge in [0.2, 0.25) is 5.91 Å². The number of ether oxygens (including phenoxy) is 1. The summed E-state index contributed by atoms with van der Waals surface area (Å²) in [5, 5.41) is 2.87. The fourth-order valence-corrected chi connectivity index (χ4v) is 2.35. The van der Waals surface area contributed by atoms with Gasteiger partial charge >= 0.3 is 5.97 Å². The fourth-order valence-electron chi connectivity index (χ4n) is 2.00. The fraction of sp³-hybridized carbons (Fsp3) is 0.429. The van der Waals surface area contributed by atoms with Crippen molar-refractivity contribution >= 4 is 34.9 Å². The summed E-state index contributed by atoms with van der Waals surface area (Å²) in [5.41, 5.74) is 6.81. The second-order valence-electron chi connectivity index (χ2n) is 4.49. The van der Waals surface area contributed by atoms with Gasteiger partial charge in [0.25, 0.3) is 0 Å². The van der Waals surface area contributed by atoms with Crippen molar-refractivity contribution in [3.05, 3.63) is 22.7 Å². The lowest BCUT2D eigenvalue weighted by Gasteiger charge is -2.26. The van der Waals surface area contributed by atoms with Crippen LogP contribution in [0.3, 0.4) is 0 Å². The number of hydrogen-bond donors (Lipinski definition) is 2. The Kier molecular flexibility index (Phi) is 6.30. The van der Waals surface area contributed by atoms with Gasteiger partial charge in [-0.3, -0.25) is 4.79 Å². The van der Waals surface area contributed by atoms with Gasteiger partial charge < -0.3 is 20.7 Å². The summed E-state index contributed by atoms with van der Waals surface area (Å²) < 4.78 is 4.77. The Labute approximate surface area is 129 Å². The number of nitrogens with one attached hydrogen (secondary N) is 1. The van der Waals surface area contributed by atoms with E-state index in [1.807, 2.05) is 6.92 Å². The number of rotatable bonds is 6. The Hall–Kier alpha value is -1.95. The molecule has 21 heavy (non-hydrogen) atoms. The summed E-state index contributed by atoms with van der Waals surface area (Å²) in [6.07, 6.45) is 0.790. The van der Waals surface area contributed by atoms with Crippen LogP contribution < -0.4 is 16.0 Å². The molecule has 0 aromatic heterocycles. The summed E-state index contributed by atoms with van der Waals surface area (Å²) in [4.78, 5) is 25.3. The van der Waals surface area contributed by atoms with Crippen LogP contribution in [-0.4, -0.2) is 39.1 Å². The van der Waals surface area contributed by atoms with Gasteiger partial charge in [-0.25, -0.2) is 4.79 Å². The van der Waals surface area contributed by atoms with Crippen LogP contribution in [0.5, 0.6) is 0 Å². The highest BCUT2D eigenvalue weighted by Gasteiger charge is 2.22. The molecule has 1 amide bonds. The van der Waals surface area contributed by atoms with Crippen LogP contribution >= 0.6 is 11.6 Å². The van der Waals surface area contributed by atoms with Gasteiger partial charge in [0.15, 0.2) is 0 Å². The molecule has 1 aromatic carbocycles. The maximum Gasteiger partial charge on any atom is 0.340 e. The van der Waals surface area contributed by atoms with Crippen LogP contribution in [0.4, 0.5) is 11.4 Å². The predicted octanol–water partition coefficient (Wildman–Crippen LogP) is 1.67. The Morgan fingerprint density at radius 3 is 2.62 bits per heavy atom. The predicted molar refractivity (Wildman–Crippen MR) is 83.8 cm³/mol. The molecule has 6 nitrogen and oxygen atoms in total. The Bertz CT molecular complexity index is 534. The lowest BCUT2D eigenvalue weighted by Crippen LogP contribution is -2.37. The quantitative estimate of drug-likeness (QED) is 0.616. The van der Waals surface area contributed by atoms with E-state index in [-0.39, 0.29) is 18.0 Å². The molecule has 0 heterocycles. The zero-order valence-corrected chi connectivity index (χ0v) is 13.2. The van der Waals surface area contributed by atoms with Gasteiger partial charge in [-0.15, -0.1) is 0 Å². The standard InChI is InChI=1S/C14H20ClN3O3/c1-4-5-18(8-12(19)17-2)13-10(14(20)21-3)6-9(16)7-11(13)15/h6-7H,4-5,8,16H2,1-3H3,(H,17,19). The van der Waals surface area contributed by atoms with Gasteiger partial charge in [0.05, 0.1) is 29.9 Å². The summed E-state index contributed by atoms with van der Waals surface area (Å²) in [5.74, 6) is -0.718. The van der Waals surface area contributed by atoms with Crippen molar-refractivity contribution in [1.29, 1.82) is 0 Å². The number of nitrogens with two attached hydrogens (primary N) is 1. The topological polar surface area (TPSA) is 84.7 Å². The Morgan fingerprint density at radius 2 is 2.10 bits per heavy atom. The first kappa shape index (κ1) is 17.1. The lowest BCUT2D eigenvalue weighted by atomic mass is 10.1. The first-order valence-electron chi connectivity index (χ1n) is 6.57. The minimum Gasteiger partial charge on any atom is -0.465 e. The Morgan fingerprint density at radius 1 is 1.43 bits per heavy atom. The molecule has 0 aliphatic rings. The highest BCUT2D eigenvalue weighted by Crippen LogP contribution is 2.33. The zero-order valence-electron chi connectivity index (χ0n) is 12.4. The van der Waals surface area contributed by atoms with Crippen molar-refractivity contribution in [2.75, 3.05) is 37.9 Å². The molecule has 0 radical (unpaired) electrons. The van der Waals surface area contributed by atoms with Gasteiger partial charge in [0, 0.05) is 19.3 Å². The van der Waals surface area contributed by atoms with Crippen molar-refractivity contribution in [2.24, 2.45) is 0 Å². The zero-order chi connectivity index (χ0) is 16.0. The number of benzene rings is 1. The van der Waals surface area contributed by atoms with E-state index in [2.05, 4.69) is 5.32 Å². The third-order valence-corrected chi connectivity index (χ3v) is 3.20. The highest BCUT2D eigenvalue weighted by atomic mass is 35.5. The molecule has 0 saturated heterocycles. The average molecular weight is 314 g/mol. The molecule has 0 saturated carbocycles. The van der Waals surface area contributed by atoms with E-state index < -0.39 is 5.97 Å². The monoisotopic (exact) mass is 313 g/mol. The van der Waals surface area contributed by atoms with Gasteiger partial charge in [0.1, 0.15) is 0 Å². The molecule has 1 rings (SSSR count). The van der Waals surface area contributed by atoms with Crippen LogP contribution in [0.25, 0.3) is 0 Å². The van der Waals surface area contributed by atoms with E-state index in [0.717, 1.165) is 6.42 Å². The largest absolute Gasteiger partial charge is 0.465 e. The van der Waals surface area contributed by atoms with Gasteiger partial charge in [-0.2, -0.15) is 0 Å². The van der Waals surface area contributed by atoms with Crippen molar-refractivity contribution in [3.8, 4) is 0 Å². The number of hydrogen-bond acceptors (Lipinski definition) is 5. The van der Waals surface area contributed by atoms with Crippen molar-refractivity contribution < 1.29 is 14.3 Å². The maximum atomic E-state index is 11.9. The third-order valence-electron chi connectivity index (χ3n) is 2.91. The molecule has 0 bridgehead atoms. The number of carbonyl (C=O) groups excluding carboxylic acids is 2. The average Bonchev–Trinajstić information content (AvgIpc) is 2.45. The number of nitrogen functional groups attached to an aromatic ring is 1. The van der Waals surface area contributed by atoms with E-state index in [1.54, 1.807) is 18.0 Å². The minimum absolute atomic E-state index is 0.0952. The molecule has 0 aliphatic heterocycles. The molecule has 0 unspecified atom stereocenters. The van der Waals surface area contributed by atoms with Crippen LogP contribution in [0.15, 0.2) is 12.1 Å². The number of halogens is 1. The summed E-state index contributed by atoms with van der Waals surface area (Å²) in [7, 11) is 2.84. The number of amides is 1. The summed E-state index contributed by atoms with van der Waals surface area (Å²) in [6, 6.07) is 3.05. The molecule has 0 aliphatic carbocycles. The molecule has 1 aromatic rings. The van der Waals surface area contributed by atoms with Gasteiger partial charge in [-0.05, 0) is 18.6 Å². The molecular weight excluding hydrogens is 294 g/mol. The second kappa shape index (κ2) is 7.73. The molecule has 0 spiro atoms. The SMILES string of the molecule is CCCN(CC(=O)NC)c1c(Cl)cc(N)cc1C(=O)OC. The lowest BCUT2D eigenvalue weighted by molar-refractivity contribution is -0.119. The molecular formula is C14H20ClN3O3.